The van der Waals surface area contributed by atoms with E-state index in [1.807, 2.05) is 36.4 Å². The molecule has 7 heteroatoms. The third kappa shape index (κ3) is 4.25. The minimum Gasteiger partial charge on any atom is -0.369 e. The zero-order valence-electron chi connectivity index (χ0n) is 14.5. The Morgan fingerprint density at radius 2 is 2.00 bits per heavy atom. The van der Waals surface area contributed by atoms with E-state index >= 15 is 0 Å². The molecule has 1 amide bonds. The first-order valence-electron chi connectivity index (χ1n) is 8.67. The van der Waals surface area contributed by atoms with Crippen LogP contribution in [-0.2, 0) is 17.6 Å². The van der Waals surface area contributed by atoms with Gasteiger partial charge in [0.15, 0.2) is 0 Å². The minimum absolute atomic E-state index is 0.0203. The number of benzene rings is 2. The Hall–Kier alpha value is -2.93. The SMILES string of the molecule is O=C1Cc2cc(Nc3ncc(Br)c(NCCc4ccccc4)n3)ccc2N1. The molecule has 0 saturated heterocycles. The van der Waals surface area contributed by atoms with Crippen LogP contribution in [0.15, 0.2) is 59.2 Å². The van der Waals surface area contributed by atoms with Gasteiger partial charge in [-0.15, -0.1) is 0 Å². The lowest BCUT2D eigenvalue weighted by molar-refractivity contribution is -0.115. The highest BCUT2D eigenvalue weighted by Gasteiger charge is 2.17. The monoisotopic (exact) mass is 423 g/mol. The van der Waals surface area contributed by atoms with Crippen LogP contribution in [0.1, 0.15) is 11.1 Å². The molecular formula is C20H18BrN5O. The van der Waals surface area contributed by atoms with E-state index in [0.717, 1.165) is 40.2 Å². The first-order chi connectivity index (χ1) is 13.2. The topological polar surface area (TPSA) is 78.9 Å². The molecule has 0 unspecified atom stereocenters. The average molecular weight is 424 g/mol. The summed E-state index contributed by atoms with van der Waals surface area (Å²) in [4.78, 5) is 20.3. The first kappa shape index (κ1) is 17.5. The van der Waals surface area contributed by atoms with Crippen molar-refractivity contribution in [3.63, 3.8) is 0 Å². The number of aromatic nitrogens is 2. The van der Waals surface area contributed by atoms with Crippen molar-refractivity contribution < 1.29 is 4.79 Å². The van der Waals surface area contributed by atoms with Crippen molar-refractivity contribution in [2.24, 2.45) is 0 Å². The van der Waals surface area contributed by atoms with E-state index in [2.05, 4.69) is 54.0 Å². The summed E-state index contributed by atoms with van der Waals surface area (Å²) in [6.45, 7) is 0.770. The van der Waals surface area contributed by atoms with Gasteiger partial charge in [-0.1, -0.05) is 30.3 Å². The molecule has 2 heterocycles. The molecule has 0 spiro atoms. The van der Waals surface area contributed by atoms with Crippen LogP contribution in [0.25, 0.3) is 0 Å². The number of amides is 1. The summed E-state index contributed by atoms with van der Waals surface area (Å²) in [7, 11) is 0. The Balaban J connectivity index is 1.43. The zero-order valence-corrected chi connectivity index (χ0v) is 16.1. The van der Waals surface area contributed by atoms with E-state index in [9.17, 15) is 4.79 Å². The van der Waals surface area contributed by atoms with E-state index in [-0.39, 0.29) is 5.91 Å². The van der Waals surface area contributed by atoms with Crippen molar-refractivity contribution in [3.8, 4) is 0 Å². The average Bonchev–Trinajstić information content (AvgIpc) is 3.04. The summed E-state index contributed by atoms with van der Waals surface area (Å²) < 4.78 is 0.810. The minimum atomic E-state index is 0.0203. The molecule has 0 fully saturated rings. The normalized spacial score (nSPS) is 12.4. The van der Waals surface area contributed by atoms with E-state index < -0.39 is 0 Å². The van der Waals surface area contributed by atoms with E-state index in [0.29, 0.717) is 12.4 Å². The van der Waals surface area contributed by atoms with Crippen molar-refractivity contribution in [2.45, 2.75) is 12.8 Å². The first-order valence-corrected chi connectivity index (χ1v) is 9.47. The summed E-state index contributed by atoms with van der Waals surface area (Å²) in [5, 5.41) is 9.37. The van der Waals surface area contributed by atoms with Gasteiger partial charge in [0, 0.05) is 24.1 Å². The van der Waals surface area contributed by atoms with Crippen molar-refractivity contribution in [1.29, 1.82) is 0 Å². The molecular weight excluding hydrogens is 406 g/mol. The van der Waals surface area contributed by atoms with Gasteiger partial charge in [0.2, 0.25) is 11.9 Å². The number of rotatable bonds is 6. The zero-order chi connectivity index (χ0) is 18.6. The molecule has 1 aliphatic rings. The number of nitrogens with one attached hydrogen (secondary N) is 3. The lowest BCUT2D eigenvalue weighted by Crippen LogP contribution is -2.08. The molecule has 2 aromatic carbocycles. The molecule has 1 aromatic heterocycles. The van der Waals surface area contributed by atoms with Crippen LogP contribution in [-0.4, -0.2) is 22.4 Å². The summed E-state index contributed by atoms with van der Waals surface area (Å²) >= 11 is 3.49. The lowest BCUT2D eigenvalue weighted by Gasteiger charge is -2.11. The maximum atomic E-state index is 11.5. The summed E-state index contributed by atoms with van der Waals surface area (Å²) in [6, 6.07) is 16.0. The Bertz CT molecular complexity index is 977. The smallest absolute Gasteiger partial charge is 0.229 e. The van der Waals surface area contributed by atoms with Gasteiger partial charge >= 0.3 is 0 Å². The molecule has 0 radical (unpaired) electrons. The molecule has 6 nitrogen and oxygen atoms in total. The van der Waals surface area contributed by atoms with Gasteiger partial charge in [0.25, 0.3) is 0 Å². The number of halogens is 1. The molecule has 27 heavy (non-hydrogen) atoms. The number of fused-ring (bicyclic) bond motifs is 1. The van der Waals surface area contributed by atoms with Gasteiger partial charge in [-0.05, 0) is 51.7 Å². The second-order valence-corrected chi connectivity index (χ2v) is 7.13. The summed E-state index contributed by atoms with van der Waals surface area (Å²) in [5.41, 5.74) is 3.96. The fourth-order valence-electron chi connectivity index (χ4n) is 2.96. The van der Waals surface area contributed by atoms with Crippen LogP contribution >= 0.6 is 15.9 Å². The van der Waals surface area contributed by atoms with Gasteiger partial charge in [-0.25, -0.2) is 4.98 Å². The molecule has 136 valence electrons. The second-order valence-electron chi connectivity index (χ2n) is 6.27. The van der Waals surface area contributed by atoms with Crippen molar-refractivity contribution in [1.82, 2.24) is 9.97 Å². The Morgan fingerprint density at radius 1 is 1.15 bits per heavy atom. The van der Waals surface area contributed by atoms with Crippen LogP contribution in [0.2, 0.25) is 0 Å². The van der Waals surface area contributed by atoms with Crippen LogP contribution in [0, 0.1) is 0 Å². The Morgan fingerprint density at radius 3 is 2.85 bits per heavy atom. The van der Waals surface area contributed by atoms with Gasteiger partial charge in [-0.2, -0.15) is 4.98 Å². The van der Waals surface area contributed by atoms with E-state index in [1.165, 1.54) is 5.56 Å². The second kappa shape index (κ2) is 7.75. The molecule has 1 aliphatic heterocycles. The maximum absolute atomic E-state index is 11.5. The van der Waals surface area contributed by atoms with Crippen LogP contribution in [0.5, 0.6) is 0 Å². The Kier molecular flexibility index (Phi) is 5.02. The third-order valence-electron chi connectivity index (χ3n) is 4.28. The molecule has 4 rings (SSSR count). The van der Waals surface area contributed by atoms with Gasteiger partial charge in [0.05, 0.1) is 10.9 Å². The number of anilines is 4. The number of hydrogen-bond acceptors (Lipinski definition) is 5. The van der Waals surface area contributed by atoms with Gasteiger partial charge < -0.3 is 16.0 Å². The largest absolute Gasteiger partial charge is 0.369 e. The highest BCUT2D eigenvalue weighted by Crippen LogP contribution is 2.28. The maximum Gasteiger partial charge on any atom is 0.229 e. The number of nitrogens with zero attached hydrogens (tertiary/aromatic N) is 2. The third-order valence-corrected chi connectivity index (χ3v) is 4.86. The van der Waals surface area contributed by atoms with Gasteiger partial charge in [-0.3, -0.25) is 4.79 Å². The van der Waals surface area contributed by atoms with Crippen molar-refractivity contribution >= 4 is 45.0 Å². The molecule has 0 atom stereocenters. The highest BCUT2D eigenvalue weighted by molar-refractivity contribution is 9.10. The summed E-state index contributed by atoms with van der Waals surface area (Å²) in [6.07, 6.45) is 3.03. The quantitative estimate of drug-likeness (QED) is 0.555. The Labute approximate surface area is 165 Å². The standard InChI is InChI=1S/C20H18BrN5O/c21-16-12-23-20(24-15-6-7-17-14(10-15)11-18(27)25-17)26-19(16)22-9-8-13-4-2-1-3-5-13/h1-7,10,12H,8-9,11H2,(H,25,27)(H2,22,23,24,26). The van der Waals surface area contributed by atoms with Crippen LogP contribution in [0.4, 0.5) is 23.1 Å². The van der Waals surface area contributed by atoms with E-state index in [1.54, 1.807) is 6.20 Å². The predicted octanol–water partition coefficient (Wildman–Crippen LogP) is 4.13. The molecule has 3 N–H and O–H groups in total. The molecule has 0 bridgehead atoms. The summed E-state index contributed by atoms with van der Waals surface area (Å²) in [5.74, 6) is 1.26. The number of carbonyl (C=O) groups is 1. The van der Waals surface area contributed by atoms with Crippen LogP contribution in [0.3, 0.4) is 0 Å². The fourth-order valence-corrected chi connectivity index (χ4v) is 3.29. The molecule has 3 aromatic rings. The predicted molar refractivity (Wildman–Crippen MR) is 110 cm³/mol. The highest BCUT2D eigenvalue weighted by atomic mass is 79.9. The van der Waals surface area contributed by atoms with Crippen LogP contribution < -0.4 is 16.0 Å². The number of carbonyl (C=O) groups excluding carboxylic acids is 1. The van der Waals surface area contributed by atoms with E-state index in [4.69, 9.17) is 0 Å². The fraction of sp³-hybridized carbons (Fsp3) is 0.150. The molecule has 0 saturated carbocycles. The lowest BCUT2D eigenvalue weighted by atomic mass is 10.1. The van der Waals surface area contributed by atoms with Crippen molar-refractivity contribution in [3.05, 3.63) is 70.3 Å². The van der Waals surface area contributed by atoms with Crippen molar-refractivity contribution in [2.75, 3.05) is 22.5 Å². The molecule has 0 aliphatic carbocycles. The number of hydrogen-bond donors (Lipinski definition) is 3. The van der Waals surface area contributed by atoms with Gasteiger partial charge in [0.1, 0.15) is 5.82 Å².